The summed E-state index contributed by atoms with van der Waals surface area (Å²) in [5.74, 6) is 0.894. The Kier molecular flexibility index (Phi) is 4.22. The fraction of sp³-hybridized carbons (Fsp3) is 0.533. The molecule has 3 rings (SSSR count). The van der Waals surface area contributed by atoms with Crippen molar-refractivity contribution in [3.05, 3.63) is 39.9 Å². The van der Waals surface area contributed by atoms with E-state index in [0.717, 1.165) is 12.8 Å². The molecule has 8 nitrogen and oxygen atoms in total. The molecule has 0 bridgehead atoms. The molecule has 1 saturated heterocycles. The van der Waals surface area contributed by atoms with Gasteiger partial charge in [-0.3, -0.25) is 9.59 Å². The molecule has 0 spiro atoms. The Balaban J connectivity index is 1.87. The first kappa shape index (κ1) is 15.4. The summed E-state index contributed by atoms with van der Waals surface area (Å²) in [6.07, 6.45) is 2.33. The first-order chi connectivity index (χ1) is 11.1. The number of amides is 1. The molecular weight excluding hydrogens is 298 g/mol. The van der Waals surface area contributed by atoms with Crippen molar-refractivity contribution in [2.75, 3.05) is 6.54 Å². The van der Waals surface area contributed by atoms with E-state index in [4.69, 9.17) is 4.52 Å². The van der Waals surface area contributed by atoms with Gasteiger partial charge in [-0.25, -0.2) is 4.68 Å². The molecule has 1 fully saturated rings. The minimum Gasteiger partial charge on any atom is -0.339 e. The number of aromatic nitrogens is 4. The van der Waals surface area contributed by atoms with Gasteiger partial charge in [0.1, 0.15) is 5.69 Å². The van der Waals surface area contributed by atoms with Crippen LogP contribution in [0.4, 0.5) is 0 Å². The Hall–Kier alpha value is -2.51. The van der Waals surface area contributed by atoms with E-state index in [2.05, 4.69) is 15.2 Å². The van der Waals surface area contributed by atoms with Crippen LogP contribution in [-0.4, -0.2) is 37.3 Å². The highest BCUT2D eigenvalue weighted by molar-refractivity contribution is 5.92. The third-order valence-electron chi connectivity index (χ3n) is 3.98. The van der Waals surface area contributed by atoms with Crippen molar-refractivity contribution >= 4 is 5.91 Å². The summed E-state index contributed by atoms with van der Waals surface area (Å²) in [5, 5.41) is 8.12. The average Bonchev–Trinajstić information content (AvgIpc) is 3.23. The van der Waals surface area contributed by atoms with E-state index in [9.17, 15) is 9.59 Å². The number of nitrogens with zero attached hydrogens (tertiary/aromatic N) is 5. The molecule has 1 amide bonds. The van der Waals surface area contributed by atoms with Crippen LogP contribution in [0.1, 0.15) is 54.9 Å². The van der Waals surface area contributed by atoms with Gasteiger partial charge in [0.2, 0.25) is 5.89 Å². The Morgan fingerprint density at radius 2 is 2.22 bits per heavy atom. The van der Waals surface area contributed by atoms with Crippen LogP contribution in [0.25, 0.3) is 0 Å². The lowest BCUT2D eigenvalue weighted by atomic mass is 10.2. The standard InChI is InChI=1S/C15H19N5O3/c1-3-12-16-14(18-23-12)11-6-5-9-19(11)15(22)10-7-8-13(21)20(4-2)17-10/h7-8,11H,3-6,9H2,1-2H3/t11-/m0/s1. The molecule has 1 atom stereocenters. The third-order valence-corrected chi connectivity index (χ3v) is 3.98. The van der Waals surface area contributed by atoms with Crippen LogP contribution >= 0.6 is 0 Å². The van der Waals surface area contributed by atoms with E-state index in [1.807, 2.05) is 13.8 Å². The lowest BCUT2D eigenvalue weighted by Gasteiger charge is -2.21. The highest BCUT2D eigenvalue weighted by Crippen LogP contribution is 2.31. The summed E-state index contributed by atoms with van der Waals surface area (Å²) in [4.78, 5) is 30.4. The zero-order chi connectivity index (χ0) is 16.4. The second-order valence-corrected chi connectivity index (χ2v) is 5.43. The van der Waals surface area contributed by atoms with Gasteiger partial charge in [0.15, 0.2) is 5.82 Å². The monoisotopic (exact) mass is 317 g/mol. The van der Waals surface area contributed by atoms with E-state index in [0.29, 0.717) is 31.2 Å². The zero-order valence-electron chi connectivity index (χ0n) is 13.2. The third kappa shape index (κ3) is 2.88. The van der Waals surface area contributed by atoms with Crippen LogP contribution in [-0.2, 0) is 13.0 Å². The average molecular weight is 317 g/mol. The smallest absolute Gasteiger partial charge is 0.274 e. The minimum absolute atomic E-state index is 0.199. The van der Waals surface area contributed by atoms with E-state index < -0.39 is 0 Å². The molecule has 3 heterocycles. The maximum atomic E-state index is 12.7. The SMILES string of the molecule is CCc1nc([C@@H]2CCCN2C(=O)c2ccc(=O)n(CC)n2)no1. The zero-order valence-corrected chi connectivity index (χ0v) is 13.2. The molecule has 0 radical (unpaired) electrons. The molecule has 8 heteroatoms. The first-order valence-corrected chi connectivity index (χ1v) is 7.85. The van der Waals surface area contributed by atoms with Crippen molar-refractivity contribution in [1.82, 2.24) is 24.8 Å². The number of hydrogen-bond acceptors (Lipinski definition) is 6. The summed E-state index contributed by atoms with van der Waals surface area (Å²) in [6, 6.07) is 2.65. The van der Waals surface area contributed by atoms with Crippen LogP contribution in [0.15, 0.2) is 21.5 Å². The highest BCUT2D eigenvalue weighted by atomic mass is 16.5. The van der Waals surface area contributed by atoms with E-state index in [-0.39, 0.29) is 23.2 Å². The van der Waals surface area contributed by atoms with Gasteiger partial charge < -0.3 is 9.42 Å². The topological polar surface area (TPSA) is 94.1 Å². The Bertz CT molecular complexity index is 766. The first-order valence-electron chi connectivity index (χ1n) is 7.85. The molecule has 0 aromatic carbocycles. The molecule has 2 aromatic heterocycles. The predicted octanol–water partition coefficient (Wildman–Crippen LogP) is 1.19. The van der Waals surface area contributed by atoms with Gasteiger partial charge in [0.05, 0.1) is 6.04 Å². The van der Waals surface area contributed by atoms with Crippen LogP contribution in [0.5, 0.6) is 0 Å². The maximum absolute atomic E-state index is 12.7. The van der Waals surface area contributed by atoms with Gasteiger partial charge in [0.25, 0.3) is 11.5 Å². The van der Waals surface area contributed by atoms with Gasteiger partial charge in [-0.2, -0.15) is 10.1 Å². The van der Waals surface area contributed by atoms with Crippen molar-refractivity contribution in [2.24, 2.45) is 0 Å². The fourth-order valence-corrected chi connectivity index (χ4v) is 2.76. The van der Waals surface area contributed by atoms with Crippen LogP contribution in [0.2, 0.25) is 0 Å². The quantitative estimate of drug-likeness (QED) is 0.840. The lowest BCUT2D eigenvalue weighted by Crippen LogP contribution is -2.33. The van der Waals surface area contributed by atoms with Crippen LogP contribution < -0.4 is 5.56 Å². The van der Waals surface area contributed by atoms with Gasteiger partial charge in [-0.15, -0.1) is 0 Å². The number of aryl methyl sites for hydroxylation is 2. The molecule has 1 aliphatic rings. The molecular formula is C15H19N5O3. The van der Waals surface area contributed by atoms with E-state index in [1.165, 1.54) is 16.8 Å². The Labute approximate surface area is 133 Å². The van der Waals surface area contributed by atoms with Crippen molar-refractivity contribution in [1.29, 1.82) is 0 Å². The van der Waals surface area contributed by atoms with E-state index >= 15 is 0 Å². The molecule has 1 aliphatic heterocycles. The lowest BCUT2D eigenvalue weighted by molar-refractivity contribution is 0.0719. The molecule has 2 aromatic rings. The molecule has 0 aliphatic carbocycles. The van der Waals surface area contributed by atoms with Crippen LogP contribution in [0, 0.1) is 0 Å². The predicted molar refractivity (Wildman–Crippen MR) is 80.9 cm³/mol. The van der Waals surface area contributed by atoms with Gasteiger partial charge >= 0.3 is 0 Å². The molecule has 0 N–H and O–H groups in total. The summed E-state index contributed by atoms with van der Waals surface area (Å²) >= 11 is 0. The summed E-state index contributed by atoms with van der Waals surface area (Å²) in [6.45, 7) is 4.79. The number of rotatable bonds is 4. The maximum Gasteiger partial charge on any atom is 0.274 e. The normalized spacial score (nSPS) is 17.7. The molecule has 0 saturated carbocycles. The molecule has 122 valence electrons. The van der Waals surface area contributed by atoms with Gasteiger partial charge in [-0.1, -0.05) is 12.1 Å². The summed E-state index contributed by atoms with van der Waals surface area (Å²) in [7, 11) is 0. The van der Waals surface area contributed by atoms with E-state index in [1.54, 1.807) is 4.90 Å². The minimum atomic E-state index is -0.215. The Morgan fingerprint density at radius 3 is 2.91 bits per heavy atom. The second kappa shape index (κ2) is 6.31. The number of likely N-dealkylation sites (tertiary alicyclic amines) is 1. The van der Waals surface area contributed by atoms with Gasteiger partial charge in [0, 0.05) is 25.6 Å². The number of carbonyl (C=O) groups excluding carboxylic acids is 1. The molecule has 0 unspecified atom stereocenters. The van der Waals surface area contributed by atoms with Crippen LogP contribution in [0.3, 0.4) is 0 Å². The largest absolute Gasteiger partial charge is 0.339 e. The fourth-order valence-electron chi connectivity index (χ4n) is 2.76. The second-order valence-electron chi connectivity index (χ2n) is 5.43. The van der Waals surface area contributed by atoms with Crippen molar-refractivity contribution in [2.45, 2.75) is 45.7 Å². The highest BCUT2D eigenvalue weighted by Gasteiger charge is 2.34. The number of hydrogen-bond donors (Lipinski definition) is 0. The molecule has 23 heavy (non-hydrogen) atoms. The van der Waals surface area contributed by atoms with Crippen molar-refractivity contribution in [3.8, 4) is 0 Å². The number of carbonyl (C=O) groups is 1. The summed E-state index contributed by atoms with van der Waals surface area (Å²) < 4.78 is 6.43. The van der Waals surface area contributed by atoms with Crippen molar-refractivity contribution < 1.29 is 9.32 Å². The van der Waals surface area contributed by atoms with Crippen molar-refractivity contribution in [3.63, 3.8) is 0 Å². The Morgan fingerprint density at radius 1 is 1.39 bits per heavy atom. The van der Waals surface area contributed by atoms with Gasteiger partial charge in [-0.05, 0) is 25.8 Å². The summed E-state index contributed by atoms with van der Waals surface area (Å²) in [5.41, 5.74) is 0.0466.